The predicted octanol–water partition coefficient (Wildman–Crippen LogP) is 4.77. The van der Waals surface area contributed by atoms with Crippen LogP contribution in [0.1, 0.15) is 32.0 Å². The van der Waals surface area contributed by atoms with Gasteiger partial charge < -0.3 is 9.47 Å². The number of nitrogens with zero attached hydrogens (tertiary/aromatic N) is 4. The number of aromatic nitrogens is 4. The molecule has 0 spiro atoms. The normalized spacial score (nSPS) is 14.2. The molecule has 6 nitrogen and oxygen atoms in total. The molecule has 9 heteroatoms. The van der Waals surface area contributed by atoms with Gasteiger partial charge in [0.25, 0.3) is 0 Å². The number of pyridine rings is 2. The maximum Gasteiger partial charge on any atom is 0.573 e. The zero-order chi connectivity index (χ0) is 22.0. The summed E-state index contributed by atoms with van der Waals surface area (Å²) in [7, 11) is 1.61. The first-order valence-electron chi connectivity index (χ1n) is 9.06. The fourth-order valence-electron chi connectivity index (χ4n) is 3.47. The maximum absolute atomic E-state index is 12.3. The Hall–Kier alpha value is -3.07. The van der Waals surface area contributed by atoms with E-state index in [4.69, 9.17) is 4.74 Å². The second-order valence-electron chi connectivity index (χ2n) is 7.62. The zero-order valence-corrected chi connectivity index (χ0v) is 16.9. The molecule has 0 bridgehead atoms. The van der Waals surface area contributed by atoms with Crippen molar-refractivity contribution in [3.05, 3.63) is 66.6 Å². The third-order valence-electron chi connectivity index (χ3n) is 4.72. The van der Waals surface area contributed by atoms with Crippen LogP contribution in [0.5, 0.6) is 5.75 Å². The highest BCUT2D eigenvalue weighted by Crippen LogP contribution is 2.46. The SMILES string of the molecule is COC(c1cncnc1)(c1ccc(-c2ccc(OC(F)(F)F)cn2)cn1)C(C)(C)C. The van der Waals surface area contributed by atoms with Gasteiger partial charge in [-0.1, -0.05) is 20.8 Å². The first-order chi connectivity index (χ1) is 14.1. The number of methoxy groups -OCH3 is 1. The second-order valence-corrected chi connectivity index (χ2v) is 7.62. The Balaban J connectivity index is 1.97. The lowest BCUT2D eigenvalue weighted by atomic mass is 9.70. The molecule has 0 aliphatic rings. The van der Waals surface area contributed by atoms with E-state index in [-0.39, 0.29) is 5.75 Å². The summed E-state index contributed by atoms with van der Waals surface area (Å²) >= 11 is 0. The molecule has 0 N–H and O–H groups in total. The van der Waals surface area contributed by atoms with Crippen molar-refractivity contribution in [2.45, 2.75) is 32.7 Å². The van der Waals surface area contributed by atoms with Gasteiger partial charge in [0.1, 0.15) is 17.7 Å². The zero-order valence-electron chi connectivity index (χ0n) is 16.9. The second kappa shape index (κ2) is 7.98. The molecule has 1 atom stereocenters. The number of ether oxygens (including phenoxy) is 2. The van der Waals surface area contributed by atoms with Gasteiger partial charge in [-0.3, -0.25) is 9.97 Å². The average Bonchev–Trinajstić information content (AvgIpc) is 2.69. The van der Waals surface area contributed by atoms with Crippen LogP contribution < -0.4 is 4.74 Å². The molecular formula is C21H21F3N4O2. The van der Waals surface area contributed by atoms with E-state index in [2.05, 4.69) is 24.7 Å². The number of hydrogen-bond acceptors (Lipinski definition) is 6. The lowest BCUT2D eigenvalue weighted by Crippen LogP contribution is -2.44. The Morgan fingerprint density at radius 3 is 2.00 bits per heavy atom. The molecule has 3 heterocycles. The molecule has 0 saturated heterocycles. The van der Waals surface area contributed by atoms with Gasteiger partial charge in [0.15, 0.2) is 0 Å². The topological polar surface area (TPSA) is 70.0 Å². The van der Waals surface area contributed by atoms with Gasteiger partial charge in [-0.15, -0.1) is 13.2 Å². The van der Waals surface area contributed by atoms with Gasteiger partial charge in [0, 0.05) is 42.2 Å². The van der Waals surface area contributed by atoms with Gasteiger partial charge in [-0.25, -0.2) is 9.97 Å². The van der Waals surface area contributed by atoms with Crippen LogP contribution in [0.4, 0.5) is 13.2 Å². The van der Waals surface area contributed by atoms with Crippen molar-refractivity contribution >= 4 is 0 Å². The van der Waals surface area contributed by atoms with Crippen LogP contribution in [0.25, 0.3) is 11.3 Å². The Kier molecular flexibility index (Phi) is 5.76. The first kappa shape index (κ1) is 21.6. The van der Waals surface area contributed by atoms with Gasteiger partial charge in [0.2, 0.25) is 0 Å². The minimum Gasteiger partial charge on any atom is -0.404 e. The Morgan fingerprint density at radius 1 is 0.833 bits per heavy atom. The number of halogens is 3. The van der Waals surface area contributed by atoms with Gasteiger partial charge in [-0.2, -0.15) is 0 Å². The highest BCUT2D eigenvalue weighted by atomic mass is 19.4. The number of rotatable bonds is 5. The van der Waals surface area contributed by atoms with E-state index in [1.165, 1.54) is 18.5 Å². The van der Waals surface area contributed by atoms with Crippen LogP contribution in [0.15, 0.2) is 55.4 Å². The smallest absolute Gasteiger partial charge is 0.404 e. The van der Waals surface area contributed by atoms with Crippen LogP contribution in [-0.4, -0.2) is 33.4 Å². The molecule has 0 radical (unpaired) electrons. The van der Waals surface area contributed by atoms with Crippen LogP contribution in [-0.2, 0) is 10.3 Å². The maximum atomic E-state index is 12.3. The van der Waals surface area contributed by atoms with Gasteiger partial charge in [-0.05, 0) is 24.3 Å². The molecular weight excluding hydrogens is 397 g/mol. The van der Waals surface area contributed by atoms with E-state index in [9.17, 15) is 13.2 Å². The summed E-state index contributed by atoms with van der Waals surface area (Å²) in [5.74, 6) is -0.383. The molecule has 0 aliphatic carbocycles. The number of alkyl halides is 3. The van der Waals surface area contributed by atoms with Crippen LogP contribution in [0.2, 0.25) is 0 Å². The van der Waals surface area contributed by atoms with Crippen molar-refractivity contribution in [1.29, 1.82) is 0 Å². The molecule has 3 rings (SSSR count). The molecule has 0 aliphatic heterocycles. The largest absolute Gasteiger partial charge is 0.573 e. The molecule has 0 amide bonds. The molecule has 1 unspecified atom stereocenters. The quantitative estimate of drug-likeness (QED) is 0.595. The van der Waals surface area contributed by atoms with Crippen molar-refractivity contribution in [3.8, 4) is 17.0 Å². The third kappa shape index (κ3) is 4.25. The molecule has 3 aromatic heterocycles. The fourth-order valence-corrected chi connectivity index (χ4v) is 3.47. The standard InChI is InChI=1S/C21H21F3N4O2/c1-19(2,3)20(29-4,15-10-25-13-26-11-15)18-8-5-14(9-28-18)17-7-6-16(12-27-17)30-21(22,23)24/h5-13H,1-4H3. The number of hydrogen-bond donors (Lipinski definition) is 0. The van der Waals surface area contributed by atoms with E-state index >= 15 is 0 Å². The van der Waals surface area contributed by atoms with E-state index in [1.807, 2.05) is 20.8 Å². The highest BCUT2D eigenvalue weighted by molar-refractivity contribution is 5.58. The summed E-state index contributed by atoms with van der Waals surface area (Å²) < 4.78 is 46.8. The molecule has 0 fully saturated rings. The summed E-state index contributed by atoms with van der Waals surface area (Å²) in [6.07, 6.45) is 2.69. The van der Waals surface area contributed by atoms with Crippen LogP contribution in [0, 0.1) is 5.41 Å². The monoisotopic (exact) mass is 418 g/mol. The third-order valence-corrected chi connectivity index (χ3v) is 4.72. The summed E-state index contributed by atoms with van der Waals surface area (Å²) in [5, 5.41) is 0. The molecule has 0 aromatic carbocycles. The summed E-state index contributed by atoms with van der Waals surface area (Å²) in [5.41, 5.74) is 1.20. The fraction of sp³-hybridized carbons (Fsp3) is 0.333. The summed E-state index contributed by atoms with van der Waals surface area (Å²) in [6, 6.07) is 6.24. The Labute approximate surface area is 172 Å². The van der Waals surface area contributed by atoms with E-state index in [0.717, 1.165) is 11.8 Å². The van der Waals surface area contributed by atoms with Crippen LogP contribution >= 0.6 is 0 Å². The van der Waals surface area contributed by atoms with Gasteiger partial charge in [0.05, 0.1) is 17.6 Å². The van der Waals surface area contributed by atoms with Crippen molar-refractivity contribution < 1.29 is 22.6 Å². The lowest BCUT2D eigenvalue weighted by Gasteiger charge is -2.43. The molecule has 0 saturated carbocycles. The van der Waals surface area contributed by atoms with Crippen molar-refractivity contribution in [2.75, 3.05) is 7.11 Å². The highest BCUT2D eigenvalue weighted by Gasteiger charge is 2.47. The Morgan fingerprint density at radius 2 is 1.53 bits per heavy atom. The lowest BCUT2D eigenvalue weighted by molar-refractivity contribution is -0.274. The summed E-state index contributed by atoms with van der Waals surface area (Å²) in [6.45, 7) is 6.08. The van der Waals surface area contributed by atoms with E-state index in [0.29, 0.717) is 17.0 Å². The van der Waals surface area contributed by atoms with E-state index < -0.39 is 17.4 Å². The summed E-state index contributed by atoms with van der Waals surface area (Å²) in [4.78, 5) is 16.9. The average molecular weight is 418 g/mol. The molecule has 30 heavy (non-hydrogen) atoms. The van der Waals surface area contributed by atoms with Crippen LogP contribution in [0.3, 0.4) is 0 Å². The van der Waals surface area contributed by atoms with Crippen molar-refractivity contribution in [2.24, 2.45) is 5.41 Å². The van der Waals surface area contributed by atoms with Crippen molar-refractivity contribution in [1.82, 2.24) is 19.9 Å². The minimum absolute atomic E-state index is 0.383. The Bertz CT molecular complexity index is 972. The first-order valence-corrected chi connectivity index (χ1v) is 9.06. The van der Waals surface area contributed by atoms with Gasteiger partial charge >= 0.3 is 6.36 Å². The van der Waals surface area contributed by atoms with E-state index in [1.54, 1.807) is 37.8 Å². The molecule has 3 aromatic rings. The molecule has 158 valence electrons. The predicted molar refractivity (Wildman–Crippen MR) is 103 cm³/mol. The minimum atomic E-state index is -4.76. The van der Waals surface area contributed by atoms with Crippen molar-refractivity contribution in [3.63, 3.8) is 0 Å².